The van der Waals surface area contributed by atoms with Crippen LogP contribution < -0.4 is 10.1 Å². The SMILES string of the molecule is CC(=O)c1ccc(NC(=O)COc2cc(C)ccc2C)cc1. The van der Waals surface area contributed by atoms with Crippen molar-refractivity contribution in [1.82, 2.24) is 0 Å². The molecule has 0 fully saturated rings. The summed E-state index contributed by atoms with van der Waals surface area (Å²) in [6.45, 7) is 5.36. The van der Waals surface area contributed by atoms with Gasteiger partial charge in [0.15, 0.2) is 12.4 Å². The van der Waals surface area contributed by atoms with Gasteiger partial charge in [-0.3, -0.25) is 9.59 Å². The van der Waals surface area contributed by atoms with Gasteiger partial charge in [0.2, 0.25) is 0 Å². The first kappa shape index (κ1) is 15.8. The number of nitrogens with one attached hydrogen (secondary N) is 1. The Labute approximate surface area is 130 Å². The van der Waals surface area contributed by atoms with Crippen LogP contribution in [0.15, 0.2) is 42.5 Å². The van der Waals surface area contributed by atoms with Crippen LogP contribution in [0.3, 0.4) is 0 Å². The molecule has 0 atom stereocenters. The van der Waals surface area contributed by atoms with E-state index < -0.39 is 0 Å². The van der Waals surface area contributed by atoms with Crippen molar-refractivity contribution >= 4 is 17.4 Å². The second-order valence-electron chi connectivity index (χ2n) is 5.24. The molecule has 1 N–H and O–H groups in total. The molecule has 0 bridgehead atoms. The van der Waals surface area contributed by atoms with Crippen molar-refractivity contribution in [2.24, 2.45) is 0 Å². The molecule has 1 amide bonds. The first-order valence-electron chi connectivity index (χ1n) is 7.06. The summed E-state index contributed by atoms with van der Waals surface area (Å²) in [5.41, 5.74) is 3.33. The summed E-state index contributed by atoms with van der Waals surface area (Å²) in [6.07, 6.45) is 0. The third-order valence-electron chi connectivity index (χ3n) is 3.28. The third kappa shape index (κ3) is 4.19. The summed E-state index contributed by atoms with van der Waals surface area (Å²) >= 11 is 0. The minimum Gasteiger partial charge on any atom is -0.483 e. The number of ketones is 1. The van der Waals surface area contributed by atoms with Gasteiger partial charge in [-0.15, -0.1) is 0 Å². The summed E-state index contributed by atoms with van der Waals surface area (Å²) in [4.78, 5) is 23.1. The van der Waals surface area contributed by atoms with Crippen molar-refractivity contribution in [2.45, 2.75) is 20.8 Å². The van der Waals surface area contributed by atoms with Crippen LogP contribution in [0, 0.1) is 13.8 Å². The van der Waals surface area contributed by atoms with E-state index in [1.807, 2.05) is 32.0 Å². The molecule has 0 saturated heterocycles. The topological polar surface area (TPSA) is 55.4 Å². The zero-order valence-corrected chi connectivity index (χ0v) is 13.0. The van der Waals surface area contributed by atoms with Gasteiger partial charge in [-0.1, -0.05) is 12.1 Å². The molecule has 0 aromatic heterocycles. The lowest BCUT2D eigenvalue weighted by molar-refractivity contribution is -0.118. The fraction of sp³-hybridized carbons (Fsp3) is 0.222. The monoisotopic (exact) mass is 297 g/mol. The summed E-state index contributed by atoms with van der Waals surface area (Å²) in [6, 6.07) is 12.6. The lowest BCUT2D eigenvalue weighted by atomic mass is 10.1. The van der Waals surface area contributed by atoms with Gasteiger partial charge in [-0.2, -0.15) is 0 Å². The van der Waals surface area contributed by atoms with Crippen molar-refractivity contribution in [1.29, 1.82) is 0 Å². The molecule has 2 rings (SSSR count). The Hall–Kier alpha value is -2.62. The molecule has 0 unspecified atom stereocenters. The number of benzene rings is 2. The summed E-state index contributed by atoms with van der Waals surface area (Å²) < 4.78 is 5.55. The van der Waals surface area contributed by atoms with Gasteiger partial charge < -0.3 is 10.1 Å². The maximum absolute atomic E-state index is 11.9. The van der Waals surface area contributed by atoms with Crippen LogP contribution >= 0.6 is 0 Å². The van der Waals surface area contributed by atoms with E-state index in [1.54, 1.807) is 24.3 Å². The molecule has 2 aromatic rings. The van der Waals surface area contributed by atoms with Crippen LogP contribution in [0.5, 0.6) is 5.75 Å². The molecule has 0 saturated carbocycles. The molecule has 0 heterocycles. The van der Waals surface area contributed by atoms with Gasteiger partial charge in [0.05, 0.1) is 0 Å². The lowest BCUT2D eigenvalue weighted by Crippen LogP contribution is -2.20. The van der Waals surface area contributed by atoms with Crippen molar-refractivity contribution in [2.75, 3.05) is 11.9 Å². The Morgan fingerprint density at radius 3 is 2.36 bits per heavy atom. The average molecular weight is 297 g/mol. The Bertz CT molecular complexity index is 690. The van der Waals surface area contributed by atoms with E-state index in [9.17, 15) is 9.59 Å². The van der Waals surface area contributed by atoms with Gasteiger partial charge in [0.1, 0.15) is 5.75 Å². The van der Waals surface area contributed by atoms with Gasteiger partial charge in [0, 0.05) is 11.3 Å². The maximum atomic E-state index is 11.9. The Morgan fingerprint density at radius 2 is 1.73 bits per heavy atom. The molecular weight excluding hydrogens is 278 g/mol. The summed E-state index contributed by atoms with van der Waals surface area (Å²) in [7, 11) is 0. The first-order valence-corrected chi connectivity index (χ1v) is 7.06. The summed E-state index contributed by atoms with van der Waals surface area (Å²) in [5.74, 6) is 0.467. The van der Waals surface area contributed by atoms with Crippen LogP contribution in [0.2, 0.25) is 0 Å². The van der Waals surface area contributed by atoms with Crippen LogP contribution in [0.1, 0.15) is 28.4 Å². The van der Waals surface area contributed by atoms with Crippen LogP contribution in [-0.2, 0) is 4.79 Å². The largest absolute Gasteiger partial charge is 0.483 e. The van der Waals surface area contributed by atoms with Crippen LogP contribution in [0.4, 0.5) is 5.69 Å². The van der Waals surface area contributed by atoms with E-state index in [2.05, 4.69) is 5.32 Å². The van der Waals surface area contributed by atoms with E-state index in [0.717, 1.165) is 11.1 Å². The molecule has 2 aromatic carbocycles. The van der Waals surface area contributed by atoms with Crippen LogP contribution in [-0.4, -0.2) is 18.3 Å². The second kappa shape index (κ2) is 6.89. The number of ether oxygens (including phenoxy) is 1. The lowest BCUT2D eigenvalue weighted by Gasteiger charge is -2.10. The van der Waals surface area contributed by atoms with Gasteiger partial charge in [-0.05, 0) is 62.2 Å². The Kier molecular flexibility index (Phi) is 4.94. The first-order chi connectivity index (χ1) is 10.5. The number of rotatable bonds is 5. The second-order valence-corrected chi connectivity index (χ2v) is 5.24. The smallest absolute Gasteiger partial charge is 0.262 e. The number of carbonyl (C=O) groups excluding carboxylic acids is 2. The Morgan fingerprint density at radius 1 is 1.05 bits per heavy atom. The number of carbonyl (C=O) groups is 2. The molecular formula is C18H19NO3. The molecule has 0 aliphatic rings. The maximum Gasteiger partial charge on any atom is 0.262 e. The average Bonchev–Trinajstić information content (AvgIpc) is 2.49. The molecule has 0 aliphatic heterocycles. The van der Waals surface area contributed by atoms with Gasteiger partial charge in [-0.25, -0.2) is 0 Å². The Balaban J connectivity index is 1.92. The summed E-state index contributed by atoms with van der Waals surface area (Å²) in [5, 5.41) is 2.74. The highest BCUT2D eigenvalue weighted by Crippen LogP contribution is 2.19. The van der Waals surface area contributed by atoms with E-state index in [4.69, 9.17) is 4.74 Å². The molecule has 114 valence electrons. The van der Waals surface area contributed by atoms with E-state index >= 15 is 0 Å². The number of hydrogen-bond donors (Lipinski definition) is 1. The molecule has 0 spiro atoms. The molecule has 0 radical (unpaired) electrons. The standard InChI is InChI=1S/C18H19NO3/c1-12-4-5-13(2)17(10-12)22-11-18(21)19-16-8-6-15(7-9-16)14(3)20/h4-10H,11H2,1-3H3,(H,19,21). The quantitative estimate of drug-likeness (QED) is 0.859. The minimum absolute atomic E-state index is 0.00358. The fourth-order valence-corrected chi connectivity index (χ4v) is 1.99. The molecule has 4 nitrogen and oxygen atoms in total. The predicted molar refractivity (Wildman–Crippen MR) is 86.5 cm³/mol. The zero-order valence-electron chi connectivity index (χ0n) is 13.0. The van der Waals surface area contributed by atoms with Gasteiger partial charge >= 0.3 is 0 Å². The highest BCUT2D eigenvalue weighted by atomic mass is 16.5. The fourth-order valence-electron chi connectivity index (χ4n) is 1.99. The predicted octanol–water partition coefficient (Wildman–Crippen LogP) is 3.52. The third-order valence-corrected chi connectivity index (χ3v) is 3.28. The molecule has 22 heavy (non-hydrogen) atoms. The van der Waals surface area contributed by atoms with Crippen molar-refractivity contribution in [3.8, 4) is 5.75 Å². The normalized spacial score (nSPS) is 10.1. The highest BCUT2D eigenvalue weighted by molar-refractivity contribution is 5.95. The van der Waals surface area contributed by atoms with Crippen LogP contribution in [0.25, 0.3) is 0 Å². The minimum atomic E-state index is -0.239. The van der Waals surface area contributed by atoms with E-state index in [0.29, 0.717) is 17.0 Å². The number of anilines is 1. The van der Waals surface area contributed by atoms with Gasteiger partial charge in [0.25, 0.3) is 5.91 Å². The number of amides is 1. The molecule has 4 heteroatoms. The highest BCUT2D eigenvalue weighted by Gasteiger charge is 2.06. The zero-order chi connectivity index (χ0) is 16.1. The van der Waals surface area contributed by atoms with Crippen molar-refractivity contribution in [3.63, 3.8) is 0 Å². The van der Waals surface area contributed by atoms with Crippen molar-refractivity contribution < 1.29 is 14.3 Å². The number of aryl methyl sites for hydroxylation is 2. The molecule has 0 aliphatic carbocycles. The van der Waals surface area contributed by atoms with Crippen molar-refractivity contribution in [3.05, 3.63) is 59.2 Å². The van der Waals surface area contributed by atoms with E-state index in [-0.39, 0.29) is 18.3 Å². The number of hydrogen-bond acceptors (Lipinski definition) is 3. The number of Topliss-reactive ketones (excluding diaryl/α,β-unsaturated/α-hetero) is 1. The van der Waals surface area contributed by atoms with E-state index in [1.165, 1.54) is 6.92 Å².